The Balaban J connectivity index is 1.76. The van der Waals surface area contributed by atoms with Gasteiger partial charge in [-0.3, -0.25) is 14.5 Å². The van der Waals surface area contributed by atoms with E-state index in [1.165, 1.54) is 4.90 Å². The van der Waals surface area contributed by atoms with Crippen LogP contribution in [0.1, 0.15) is 17.0 Å². The molecule has 3 aromatic rings. The number of carbonyl (C=O) groups excluding carboxylic acids is 1. The fourth-order valence-electron chi connectivity index (χ4n) is 3.21. The van der Waals surface area contributed by atoms with Crippen molar-refractivity contribution in [2.24, 2.45) is 0 Å². The van der Waals surface area contributed by atoms with Crippen LogP contribution in [0.3, 0.4) is 0 Å². The summed E-state index contributed by atoms with van der Waals surface area (Å²) in [5.74, 6) is -2.73. The summed E-state index contributed by atoms with van der Waals surface area (Å²) >= 11 is 1.02. The summed E-state index contributed by atoms with van der Waals surface area (Å²) < 4.78 is 33.2. The minimum atomic E-state index is -1.17. The Bertz CT molecular complexity index is 1110. The first-order chi connectivity index (χ1) is 13.3. The lowest BCUT2D eigenvalue weighted by Gasteiger charge is -2.34. The molecular formula is C19H14F2N2O4S. The van der Waals surface area contributed by atoms with Crippen LogP contribution in [-0.4, -0.2) is 28.1 Å². The molecule has 0 radical (unpaired) electrons. The molecule has 6 nitrogen and oxygen atoms in total. The normalized spacial score (nSPS) is 16.2. The molecule has 0 spiro atoms. The predicted octanol–water partition coefficient (Wildman–Crippen LogP) is 3.65. The number of thiazole rings is 1. The van der Waals surface area contributed by atoms with Crippen molar-refractivity contribution in [3.05, 3.63) is 52.5 Å². The Morgan fingerprint density at radius 1 is 1.36 bits per heavy atom. The largest absolute Gasteiger partial charge is 0.481 e. The Hall–Kier alpha value is -3.07. The summed E-state index contributed by atoms with van der Waals surface area (Å²) in [6, 6.07) is 7.12. The fourth-order valence-corrected chi connectivity index (χ4v) is 4.15. The number of carboxylic acids is 1. The summed E-state index contributed by atoms with van der Waals surface area (Å²) in [5.41, 5.74) is 1.45. The molecule has 1 amide bonds. The van der Waals surface area contributed by atoms with Crippen LogP contribution in [0, 0.1) is 18.6 Å². The van der Waals surface area contributed by atoms with Crippen LogP contribution in [0.2, 0.25) is 0 Å². The number of hydrogen-bond donors (Lipinski definition) is 1. The Morgan fingerprint density at radius 3 is 2.89 bits per heavy atom. The van der Waals surface area contributed by atoms with Gasteiger partial charge < -0.3 is 9.84 Å². The Kier molecular flexibility index (Phi) is 4.46. The van der Waals surface area contributed by atoms with Gasteiger partial charge in [0.15, 0.2) is 6.10 Å². The fraction of sp³-hybridized carbons (Fsp3) is 0.211. The number of carboxylic acid groups (broad SMARTS) is 1. The zero-order valence-corrected chi connectivity index (χ0v) is 15.4. The van der Waals surface area contributed by atoms with Gasteiger partial charge in [-0.05, 0) is 18.6 Å². The van der Waals surface area contributed by atoms with Crippen LogP contribution in [-0.2, 0) is 16.1 Å². The van der Waals surface area contributed by atoms with Crippen molar-refractivity contribution in [3.63, 3.8) is 0 Å². The van der Waals surface area contributed by atoms with Gasteiger partial charge in [-0.1, -0.05) is 12.1 Å². The molecule has 28 heavy (non-hydrogen) atoms. The van der Waals surface area contributed by atoms with Crippen molar-refractivity contribution in [3.8, 4) is 5.75 Å². The first-order valence-corrected chi connectivity index (χ1v) is 9.19. The zero-order valence-electron chi connectivity index (χ0n) is 14.6. The van der Waals surface area contributed by atoms with E-state index in [1.54, 1.807) is 25.1 Å². The predicted molar refractivity (Wildman–Crippen MR) is 98.6 cm³/mol. The number of benzene rings is 2. The van der Waals surface area contributed by atoms with Crippen molar-refractivity contribution in [1.29, 1.82) is 0 Å². The Morgan fingerprint density at radius 2 is 2.14 bits per heavy atom. The molecule has 2 heterocycles. The lowest BCUT2D eigenvalue weighted by atomic mass is 10.1. The third kappa shape index (κ3) is 3.18. The second-order valence-electron chi connectivity index (χ2n) is 6.39. The molecule has 2 aromatic carbocycles. The molecule has 1 aromatic heterocycles. The van der Waals surface area contributed by atoms with Gasteiger partial charge in [0.05, 0.1) is 28.9 Å². The summed E-state index contributed by atoms with van der Waals surface area (Å²) in [5, 5.41) is 9.48. The number of aromatic nitrogens is 1. The molecule has 0 fully saturated rings. The highest BCUT2D eigenvalue weighted by molar-refractivity contribution is 7.18. The number of nitrogens with zero attached hydrogens (tertiary/aromatic N) is 2. The number of hydrogen-bond acceptors (Lipinski definition) is 5. The quantitative estimate of drug-likeness (QED) is 0.718. The van der Waals surface area contributed by atoms with E-state index in [-0.39, 0.29) is 16.8 Å². The number of amides is 1. The van der Waals surface area contributed by atoms with E-state index in [1.807, 2.05) is 0 Å². The number of aryl methyl sites for hydroxylation is 1. The Labute approximate surface area is 162 Å². The molecule has 0 saturated carbocycles. The standard InChI is InChI=1S/C19H14F2N2O4S/c1-9-3-2-4-13-17(9)23(19(26)14(27-13)7-16(24)25)8-15-22-12-6-10(20)5-11(21)18(12)28-15/h2-6,14H,7-8H2,1H3,(H,24,25). The number of rotatable bonds is 4. The number of ether oxygens (including phenoxy) is 1. The molecule has 1 aliphatic rings. The average molecular weight is 404 g/mol. The molecule has 1 aliphatic heterocycles. The molecular weight excluding hydrogens is 390 g/mol. The maximum Gasteiger partial charge on any atom is 0.307 e. The van der Waals surface area contributed by atoms with Gasteiger partial charge in [-0.15, -0.1) is 11.3 Å². The number of para-hydroxylation sites is 1. The number of carbonyl (C=O) groups is 2. The average Bonchev–Trinajstić information content (AvgIpc) is 3.01. The van der Waals surface area contributed by atoms with E-state index in [0.29, 0.717) is 16.4 Å². The van der Waals surface area contributed by atoms with E-state index in [2.05, 4.69) is 4.98 Å². The SMILES string of the molecule is Cc1cccc2c1N(Cc1nc3cc(F)cc(F)c3s1)C(=O)C(CC(=O)O)O2. The van der Waals surface area contributed by atoms with E-state index < -0.39 is 36.0 Å². The third-order valence-electron chi connectivity index (χ3n) is 4.39. The molecule has 9 heteroatoms. The number of fused-ring (bicyclic) bond motifs is 2. The number of aliphatic carboxylic acids is 1. The molecule has 0 bridgehead atoms. The van der Waals surface area contributed by atoms with Crippen molar-refractivity contribution in [1.82, 2.24) is 4.98 Å². The molecule has 1 N–H and O–H groups in total. The highest BCUT2D eigenvalue weighted by Crippen LogP contribution is 2.39. The summed E-state index contributed by atoms with van der Waals surface area (Å²) in [6.07, 6.45) is -1.65. The highest BCUT2D eigenvalue weighted by atomic mass is 32.1. The maximum atomic E-state index is 14.0. The van der Waals surface area contributed by atoms with Gasteiger partial charge in [0, 0.05) is 12.1 Å². The van der Waals surface area contributed by atoms with Gasteiger partial charge in [0.1, 0.15) is 22.4 Å². The molecule has 144 valence electrons. The van der Waals surface area contributed by atoms with Crippen molar-refractivity contribution >= 4 is 39.1 Å². The maximum absolute atomic E-state index is 14.0. The monoisotopic (exact) mass is 404 g/mol. The van der Waals surface area contributed by atoms with Crippen LogP contribution < -0.4 is 9.64 Å². The van der Waals surface area contributed by atoms with Crippen LogP contribution >= 0.6 is 11.3 Å². The lowest BCUT2D eigenvalue weighted by molar-refractivity contribution is -0.142. The molecule has 1 unspecified atom stereocenters. The van der Waals surface area contributed by atoms with Crippen LogP contribution in [0.5, 0.6) is 5.75 Å². The van der Waals surface area contributed by atoms with E-state index in [0.717, 1.165) is 29.0 Å². The minimum absolute atomic E-state index is 0.00340. The van der Waals surface area contributed by atoms with Crippen LogP contribution in [0.15, 0.2) is 30.3 Å². The van der Waals surface area contributed by atoms with Gasteiger partial charge >= 0.3 is 5.97 Å². The number of anilines is 1. The molecule has 0 saturated heterocycles. The summed E-state index contributed by atoms with van der Waals surface area (Å²) in [7, 11) is 0. The minimum Gasteiger partial charge on any atom is -0.481 e. The second-order valence-corrected chi connectivity index (χ2v) is 7.48. The van der Waals surface area contributed by atoms with Gasteiger partial charge in [-0.25, -0.2) is 13.8 Å². The third-order valence-corrected chi connectivity index (χ3v) is 5.45. The van der Waals surface area contributed by atoms with Crippen molar-refractivity contribution in [2.45, 2.75) is 26.0 Å². The molecule has 4 rings (SSSR count). The second kappa shape index (κ2) is 6.83. The van der Waals surface area contributed by atoms with E-state index in [4.69, 9.17) is 9.84 Å². The topological polar surface area (TPSA) is 79.7 Å². The summed E-state index contributed by atoms with van der Waals surface area (Å²) in [6.45, 7) is 1.80. The molecule has 0 aliphatic carbocycles. The van der Waals surface area contributed by atoms with Crippen molar-refractivity contribution < 1.29 is 28.2 Å². The lowest BCUT2D eigenvalue weighted by Crippen LogP contribution is -2.46. The smallest absolute Gasteiger partial charge is 0.307 e. The van der Waals surface area contributed by atoms with Gasteiger partial charge in [-0.2, -0.15) is 0 Å². The zero-order chi connectivity index (χ0) is 20.0. The van der Waals surface area contributed by atoms with E-state index in [9.17, 15) is 18.4 Å². The summed E-state index contributed by atoms with van der Waals surface area (Å²) in [4.78, 5) is 29.6. The number of halogens is 2. The molecule has 1 atom stereocenters. The first kappa shape index (κ1) is 18.3. The van der Waals surface area contributed by atoms with Gasteiger partial charge in [0.2, 0.25) is 0 Å². The highest BCUT2D eigenvalue weighted by Gasteiger charge is 2.37. The first-order valence-electron chi connectivity index (χ1n) is 8.37. The van der Waals surface area contributed by atoms with Crippen molar-refractivity contribution in [2.75, 3.05) is 4.90 Å². The van der Waals surface area contributed by atoms with E-state index >= 15 is 0 Å². The van der Waals surface area contributed by atoms with Crippen LogP contribution in [0.4, 0.5) is 14.5 Å². The van der Waals surface area contributed by atoms with Crippen LogP contribution in [0.25, 0.3) is 10.2 Å². The van der Waals surface area contributed by atoms with Gasteiger partial charge in [0.25, 0.3) is 5.91 Å².